The van der Waals surface area contributed by atoms with E-state index in [1.807, 2.05) is 26.0 Å². The molecule has 0 heterocycles. The third kappa shape index (κ3) is 5.28. The monoisotopic (exact) mass is 266 g/mol. The van der Waals surface area contributed by atoms with Crippen LogP contribution in [0.5, 0.6) is 5.75 Å². The standard InChI is InChI=1S/C14H22N2O3/c1-10(17)14(2,3)16-8-11-4-6-12(7-5-11)19-9-13(15)18/h4-7,10,16-17H,8-9H2,1-3H3,(H2,15,18). The molecule has 0 fully saturated rings. The molecule has 1 unspecified atom stereocenters. The molecule has 5 nitrogen and oxygen atoms in total. The smallest absolute Gasteiger partial charge is 0.255 e. The number of ether oxygens (including phenoxy) is 1. The van der Waals surface area contributed by atoms with E-state index in [0.29, 0.717) is 12.3 Å². The first-order valence-corrected chi connectivity index (χ1v) is 6.24. The van der Waals surface area contributed by atoms with Crippen LogP contribution in [0.4, 0.5) is 0 Å². The van der Waals surface area contributed by atoms with Gasteiger partial charge in [0.15, 0.2) is 6.61 Å². The van der Waals surface area contributed by atoms with Crippen LogP contribution in [0.25, 0.3) is 0 Å². The van der Waals surface area contributed by atoms with E-state index < -0.39 is 12.0 Å². The lowest BCUT2D eigenvalue weighted by molar-refractivity contribution is -0.119. The molecule has 1 amide bonds. The first kappa shape index (κ1) is 15.5. The number of carbonyl (C=O) groups is 1. The maximum Gasteiger partial charge on any atom is 0.255 e. The topological polar surface area (TPSA) is 84.6 Å². The summed E-state index contributed by atoms with van der Waals surface area (Å²) in [5.74, 6) is 0.113. The van der Waals surface area contributed by atoms with Crippen molar-refractivity contribution in [2.75, 3.05) is 6.61 Å². The molecule has 0 aromatic heterocycles. The van der Waals surface area contributed by atoms with Gasteiger partial charge in [0.25, 0.3) is 5.91 Å². The van der Waals surface area contributed by atoms with Crippen molar-refractivity contribution in [1.29, 1.82) is 0 Å². The minimum Gasteiger partial charge on any atom is -0.484 e. The highest BCUT2D eigenvalue weighted by atomic mass is 16.5. The Hall–Kier alpha value is -1.59. The Kier molecular flexibility index (Phi) is 5.32. The molecular formula is C14H22N2O3. The fraction of sp³-hybridized carbons (Fsp3) is 0.500. The third-order valence-corrected chi connectivity index (χ3v) is 3.10. The number of hydrogen-bond donors (Lipinski definition) is 3. The molecule has 1 rings (SSSR count). The molecule has 1 atom stereocenters. The SMILES string of the molecule is CC(O)C(C)(C)NCc1ccc(OCC(N)=O)cc1. The van der Waals surface area contributed by atoms with E-state index in [4.69, 9.17) is 10.5 Å². The van der Waals surface area contributed by atoms with Gasteiger partial charge in [-0.2, -0.15) is 0 Å². The summed E-state index contributed by atoms with van der Waals surface area (Å²) in [5, 5.41) is 12.9. The van der Waals surface area contributed by atoms with Crippen LogP contribution in [0.1, 0.15) is 26.3 Å². The van der Waals surface area contributed by atoms with Crippen molar-refractivity contribution < 1.29 is 14.6 Å². The molecular weight excluding hydrogens is 244 g/mol. The summed E-state index contributed by atoms with van der Waals surface area (Å²) in [6, 6.07) is 7.38. The number of amides is 1. The molecule has 0 saturated carbocycles. The van der Waals surface area contributed by atoms with Crippen molar-refractivity contribution in [2.45, 2.75) is 39.0 Å². The Morgan fingerprint density at radius 2 is 2.00 bits per heavy atom. The highest BCUT2D eigenvalue weighted by molar-refractivity contribution is 5.75. The van der Waals surface area contributed by atoms with E-state index in [9.17, 15) is 9.90 Å². The molecule has 0 saturated heterocycles. The number of rotatable bonds is 7. The van der Waals surface area contributed by atoms with Gasteiger partial charge in [-0.1, -0.05) is 12.1 Å². The Bertz CT molecular complexity index is 413. The number of nitrogens with one attached hydrogen (secondary N) is 1. The van der Waals surface area contributed by atoms with Crippen molar-refractivity contribution in [3.05, 3.63) is 29.8 Å². The molecule has 0 aliphatic rings. The van der Waals surface area contributed by atoms with E-state index in [1.54, 1.807) is 19.1 Å². The van der Waals surface area contributed by atoms with Gasteiger partial charge in [-0.25, -0.2) is 0 Å². The maximum atomic E-state index is 10.6. The number of carbonyl (C=O) groups excluding carboxylic acids is 1. The fourth-order valence-corrected chi connectivity index (χ4v) is 1.34. The number of hydrogen-bond acceptors (Lipinski definition) is 4. The van der Waals surface area contributed by atoms with E-state index in [-0.39, 0.29) is 12.1 Å². The summed E-state index contributed by atoms with van der Waals surface area (Å²) in [6.07, 6.45) is -0.439. The number of aliphatic hydroxyl groups excluding tert-OH is 1. The average Bonchev–Trinajstić information content (AvgIpc) is 2.35. The Morgan fingerprint density at radius 1 is 1.42 bits per heavy atom. The number of aliphatic hydroxyl groups is 1. The van der Waals surface area contributed by atoms with Crippen LogP contribution >= 0.6 is 0 Å². The summed E-state index contributed by atoms with van der Waals surface area (Å²) in [4.78, 5) is 10.6. The van der Waals surface area contributed by atoms with Crippen LogP contribution in [-0.4, -0.2) is 29.3 Å². The zero-order valence-electron chi connectivity index (χ0n) is 11.6. The Balaban J connectivity index is 2.51. The zero-order valence-corrected chi connectivity index (χ0v) is 11.6. The van der Waals surface area contributed by atoms with Gasteiger partial charge in [-0.15, -0.1) is 0 Å². The van der Waals surface area contributed by atoms with Crippen molar-refractivity contribution in [3.63, 3.8) is 0 Å². The second-order valence-electron chi connectivity index (χ2n) is 5.15. The van der Waals surface area contributed by atoms with E-state index in [1.165, 1.54) is 0 Å². The molecule has 0 aliphatic carbocycles. The number of nitrogens with two attached hydrogens (primary N) is 1. The van der Waals surface area contributed by atoms with E-state index in [2.05, 4.69) is 5.32 Å². The molecule has 0 radical (unpaired) electrons. The quantitative estimate of drug-likeness (QED) is 0.681. The average molecular weight is 266 g/mol. The lowest BCUT2D eigenvalue weighted by atomic mass is 9.98. The first-order valence-electron chi connectivity index (χ1n) is 6.24. The molecule has 19 heavy (non-hydrogen) atoms. The summed E-state index contributed by atoms with van der Waals surface area (Å²) < 4.78 is 5.17. The van der Waals surface area contributed by atoms with Gasteiger partial charge in [0.1, 0.15) is 5.75 Å². The molecule has 5 heteroatoms. The Morgan fingerprint density at radius 3 is 2.47 bits per heavy atom. The van der Waals surface area contributed by atoms with Crippen molar-refractivity contribution >= 4 is 5.91 Å². The molecule has 0 spiro atoms. The van der Waals surface area contributed by atoms with Gasteiger partial charge in [-0.3, -0.25) is 4.79 Å². The van der Waals surface area contributed by atoms with Crippen LogP contribution in [0.2, 0.25) is 0 Å². The van der Waals surface area contributed by atoms with Crippen LogP contribution in [0.15, 0.2) is 24.3 Å². The van der Waals surface area contributed by atoms with Crippen LogP contribution in [0, 0.1) is 0 Å². The zero-order chi connectivity index (χ0) is 14.5. The van der Waals surface area contributed by atoms with Crippen molar-refractivity contribution in [2.24, 2.45) is 5.73 Å². The van der Waals surface area contributed by atoms with Crippen molar-refractivity contribution in [3.8, 4) is 5.75 Å². The van der Waals surface area contributed by atoms with Gasteiger partial charge < -0.3 is 20.9 Å². The maximum absolute atomic E-state index is 10.6. The van der Waals surface area contributed by atoms with E-state index >= 15 is 0 Å². The minimum absolute atomic E-state index is 0.118. The molecule has 1 aromatic rings. The van der Waals surface area contributed by atoms with Crippen LogP contribution in [0.3, 0.4) is 0 Å². The summed E-state index contributed by atoms with van der Waals surface area (Å²) in [7, 11) is 0. The molecule has 106 valence electrons. The number of primary amides is 1. The van der Waals surface area contributed by atoms with Gasteiger partial charge >= 0.3 is 0 Å². The predicted molar refractivity (Wildman–Crippen MR) is 73.7 cm³/mol. The van der Waals surface area contributed by atoms with Gasteiger partial charge in [0, 0.05) is 12.1 Å². The molecule has 0 bridgehead atoms. The van der Waals surface area contributed by atoms with Gasteiger partial charge in [0.2, 0.25) is 0 Å². The third-order valence-electron chi connectivity index (χ3n) is 3.10. The molecule has 4 N–H and O–H groups in total. The molecule has 1 aromatic carbocycles. The lowest BCUT2D eigenvalue weighted by Crippen LogP contribution is -2.47. The van der Waals surface area contributed by atoms with Crippen molar-refractivity contribution in [1.82, 2.24) is 5.32 Å². The van der Waals surface area contributed by atoms with E-state index in [0.717, 1.165) is 5.56 Å². The normalized spacial score (nSPS) is 13.1. The minimum atomic E-state index is -0.496. The fourth-order valence-electron chi connectivity index (χ4n) is 1.34. The highest BCUT2D eigenvalue weighted by Crippen LogP contribution is 2.14. The summed E-state index contributed by atoms with van der Waals surface area (Å²) in [5.41, 5.74) is 5.72. The number of benzene rings is 1. The van der Waals surface area contributed by atoms with Crippen LogP contribution < -0.4 is 15.8 Å². The second kappa shape index (κ2) is 6.54. The predicted octanol–water partition coefficient (Wildman–Crippen LogP) is 0.800. The first-order chi connectivity index (χ1) is 8.81. The van der Waals surface area contributed by atoms with Gasteiger partial charge in [0.05, 0.1) is 6.10 Å². The summed E-state index contributed by atoms with van der Waals surface area (Å²) in [6.45, 7) is 6.18. The van der Waals surface area contributed by atoms with Gasteiger partial charge in [-0.05, 0) is 38.5 Å². The molecule has 0 aliphatic heterocycles. The largest absolute Gasteiger partial charge is 0.484 e. The van der Waals surface area contributed by atoms with Crippen LogP contribution in [-0.2, 0) is 11.3 Å². The summed E-state index contributed by atoms with van der Waals surface area (Å²) >= 11 is 0. The lowest BCUT2D eigenvalue weighted by Gasteiger charge is -2.29. The Labute approximate surface area is 113 Å². The second-order valence-corrected chi connectivity index (χ2v) is 5.15. The highest BCUT2D eigenvalue weighted by Gasteiger charge is 2.22.